The number of rotatable bonds is 8. The van der Waals surface area contributed by atoms with Gasteiger partial charge in [0.15, 0.2) is 11.0 Å². The van der Waals surface area contributed by atoms with Gasteiger partial charge in [-0.15, -0.1) is 10.2 Å². The number of carbonyl (C=O) groups is 1. The number of nitrogens with zero attached hydrogens (tertiary/aromatic N) is 5. The second kappa shape index (κ2) is 11.1. The van der Waals surface area contributed by atoms with Crippen LogP contribution in [0, 0.1) is 17.0 Å². The number of amides is 1. The van der Waals surface area contributed by atoms with E-state index in [0.717, 1.165) is 16.8 Å². The lowest BCUT2D eigenvalue weighted by Gasteiger charge is -2.11. The van der Waals surface area contributed by atoms with E-state index in [4.69, 9.17) is 11.6 Å². The quantitative estimate of drug-likeness (QED) is 0.143. The zero-order valence-corrected chi connectivity index (χ0v) is 21.0. The number of non-ortho nitro benzene ring substituents is 1. The maximum atomic E-state index is 12.5. The molecule has 1 N–H and O–H groups in total. The van der Waals surface area contributed by atoms with Crippen molar-refractivity contribution in [3.8, 4) is 17.1 Å². The molecule has 11 heteroatoms. The molecule has 4 aromatic rings. The highest BCUT2D eigenvalue weighted by atomic mass is 35.5. The van der Waals surface area contributed by atoms with Gasteiger partial charge in [0, 0.05) is 34.0 Å². The van der Waals surface area contributed by atoms with E-state index < -0.39 is 4.92 Å². The number of aryl methyl sites for hydroxylation is 1. The van der Waals surface area contributed by atoms with Gasteiger partial charge in [-0.05, 0) is 50.2 Å². The lowest BCUT2D eigenvalue weighted by molar-refractivity contribution is -0.384. The zero-order chi connectivity index (χ0) is 25.7. The molecule has 36 heavy (non-hydrogen) atoms. The Labute approximate surface area is 216 Å². The number of nitrogens with one attached hydrogen (secondary N) is 1. The summed E-state index contributed by atoms with van der Waals surface area (Å²) in [5.41, 5.74) is 6.26. The third kappa shape index (κ3) is 5.96. The van der Waals surface area contributed by atoms with Crippen LogP contribution in [-0.2, 0) is 4.79 Å². The topological polar surface area (TPSA) is 115 Å². The van der Waals surface area contributed by atoms with Crippen molar-refractivity contribution in [1.82, 2.24) is 20.2 Å². The van der Waals surface area contributed by atoms with E-state index in [-0.39, 0.29) is 17.3 Å². The van der Waals surface area contributed by atoms with Crippen LogP contribution in [0.25, 0.3) is 17.1 Å². The summed E-state index contributed by atoms with van der Waals surface area (Å²) in [4.78, 5) is 23.0. The largest absolute Gasteiger partial charge is 0.272 e. The molecule has 1 aromatic heterocycles. The maximum absolute atomic E-state index is 12.5. The van der Waals surface area contributed by atoms with Crippen molar-refractivity contribution in [1.29, 1.82) is 0 Å². The van der Waals surface area contributed by atoms with Crippen molar-refractivity contribution in [2.24, 2.45) is 5.10 Å². The van der Waals surface area contributed by atoms with Crippen LogP contribution in [0.15, 0.2) is 83.1 Å². The number of benzene rings is 3. The van der Waals surface area contributed by atoms with E-state index in [1.807, 2.05) is 47.9 Å². The number of nitro benzene ring substituents is 1. The Morgan fingerprint density at radius 2 is 1.83 bits per heavy atom. The third-order valence-electron chi connectivity index (χ3n) is 5.18. The van der Waals surface area contributed by atoms with E-state index in [9.17, 15) is 14.9 Å². The molecular weight excluding hydrogens is 500 g/mol. The minimum absolute atomic E-state index is 0.0380. The van der Waals surface area contributed by atoms with Gasteiger partial charge in [0.2, 0.25) is 0 Å². The molecule has 9 nitrogen and oxygen atoms in total. The second-order valence-electron chi connectivity index (χ2n) is 7.81. The monoisotopic (exact) mass is 520 g/mol. The predicted molar refractivity (Wildman–Crippen MR) is 141 cm³/mol. The van der Waals surface area contributed by atoms with Crippen molar-refractivity contribution in [2.75, 3.05) is 5.75 Å². The molecule has 0 fully saturated rings. The third-order valence-corrected chi connectivity index (χ3v) is 6.36. The molecule has 1 heterocycles. The zero-order valence-electron chi connectivity index (χ0n) is 19.4. The van der Waals surface area contributed by atoms with E-state index in [1.165, 1.54) is 23.9 Å². The molecule has 0 aliphatic rings. The van der Waals surface area contributed by atoms with Crippen molar-refractivity contribution in [2.45, 2.75) is 19.0 Å². The summed E-state index contributed by atoms with van der Waals surface area (Å²) in [5.74, 6) is 0.310. The van der Waals surface area contributed by atoms with Gasteiger partial charge in [-0.1, -0.05) is 53.2 Å². The molecule has 0 spiro atoms. The Bertz CT molecular complexity index is 1440. The molecule has 4 rings (SSSR count). The van der Waals surface area contributed by atoms with Gasteiger partial charge >= 0.3 is 0 Å². The van der Waals surface area contributed by atoms with Crippen molar-refractivity contribution in [3.63, 3.8) is 0 Å². The molecule has 0 unspecified atom stereocenters. The predicted octanol–water partition coefficient (Wildman–Crippen LogP) is 5.44. The van der Waals surface area contributed by atoms with Gasteiger partial charge in [-0.2, -0.15) is 5.10 Å². The molecule has 0 saturated carbocycles. The van der Waals surface area contributed by atoms with E-state index in [1.54, 1.807) is 31.2 Å². The van der Waals surface area contributed by atoms with Crippen LogP contribution in [0.1, 0.15) is 18.1 Å². The molecule has 0 atom stereocenters. The highest BCUT2D eigenvalue weighted by molar-refractivity contribution is 7.99. The fourth-order valence-corrected chi connectivity index (χ4v) is 4.16. The lowest BCUT2D eigenvalue weighted by atomic mass is 10.1. The minimum Gasteiger partial charge on any atom is -0.272 e. The molecule has 1 amide bonds. The Morgan fingerprint density at radius 3 is 2.53 bits per heavy atom. The molecule has 0 aliphatic heterocycles. The summed E-state index contributed by atoms with van der Waals surface area (Å²) < 4.78 is 1.89. The van der Waals surface area contributed by atoms with Crippen molar-refractivity contribution in [3.05, 3.63) is 99.1 Å². The number of hydrogen-bond donors (Lipinski definition) is 1. The summed E-state index contributed by atoms with van der Waals surface area (Å²) >= 11 is 7.26. The highest BCUT2D eigenvalue weighted by Crippen LogP contribution is 2.29. The van der Waals surface area contributed by atoms with Crippen LogP contribution in [0.4, 0.5) is 5.69 Å². The molecule has 0 saturated heterocycles. The average Bonchev–Trinajstić information content (AvgIpc) is 3.31. The normalized spacial score (nSPS) is 11.4. The molecule has 3 aromatic carbocycles. The Balaban J connectivity index is 1.52. The first-order valence-corrected chi connectivity index (χ1v) is 12.2. The van der Waals surface area contributed by atoms with Crippen LogP contribution in [0.5, 0.6) is 0 Å². The van der Waals surface area contributed by atoms with Crippen LogP contribution in [0.3, 0.4) is 0 Å². The number of aromatic nitrogens is 3. The van der Waals surface area contributed by atoms with E-state index in [0.29, 0.717) is 27.3 Å². The van der Waals surface area contributed by atoms with Gasteiger partial charge in [-0.3, -0.25) is 19.5 Å². The lowest BCUT2D eigenvalue weighted by Crippen LogP contribution is -2.21. The van der Waals surface area contributed by atoms with Gasteiger partial charge in [-0.25, -0.2) is 5.43 Å². The number of hydrazone groups is 1. The van der Waals surface area contributed by atoms with Crippen LogP contribution >= 0.6 is 23.4 Å². The smallest absolute Gasteiger partial charge is 0.270 e. The summed E-state index contributed by atoms with van der Waals surface area (Å²) in [6.45, 7) is 3.67. The van der Waals surface area contributed by atoms with Crippen molar-refractivity contribution >= 4 is 40.7 Å². The molecule has 182 valence electrons. The molecule has 0 bridgehead atoms. The van der Waals surface area contributed by atoms with Gasteiger partial charge in [0.1, 0.15) is 0 Å². The summed E-state index contributed by atoms with van der Waals surface area (Å²) in [7, 11) is 0. The standard InChI is InChI=1S/C25H21ClN6O3S/c1-16-6-12-21(13-7-16)31-24(18-8-10-20(26)11-9-18)29-30-25(31)36-15-23(33)28-27-17(2)19-4-3-5-22(14-19)32(34)35/h3-14H,15H2,1-2H3,(H,28,33). The average molecular weight is 521 g/mol. The summed E-state index contributed by atoms with van der Waals surface area (Å²) in [6.07, 6.45) is 0. The fourth-order valence-electron chi connectivity index (χ4n) is 3.29. The number of hydrogen-bond acceptors (Lipinski definition) is 7. The van der Waals surface area contributed by atoms with Crippen LogP contribution in [-0.4, -0.2) is 37.1 Å². The molecular formula is C25H21ClN6O3S. The van der Waals surface area contributed by atoms with Crippen molar-refractivity contribution < 1.29 is 9.72 Å². The van der Waals surface area contributed by atoms with Crippen LogP contribution < -0.4 is 5.43 Å². The number of thioether (sulfide) groups is 1. The second-order valence-corrected chi connectivity index (χ2v) is 9.19. The fraction of sp³-hybridized carbons (Fsp3) is 0.120. The molecule has 0 radical (unpaired) electrons. The Morgan fingerprint density at radius 1 is 1.11 bits per heavy atom. The van der Waals surface area contributed by atoms with Gasteiger partial charge in [0.25, 0.3) is 11.6 Å². The first kappa shape index (κ1) is 25.1. The highest BCUT2D eigenvalue weighted by Gasteiger charge is 2.17. The minimum atomic E-state index is -0.478. The number of halogens is 1. The number of nitro groups is 1. The van der Waals surface area contributed by atoms with Crippen LogP contribution in [0.2, 0.25) is 5.02 Å². The van der Waals surface area contributed by atoms with Gasteiger partial charge < -0.3 is 0 Å². The van der Waals surface area contributed by atoms with E-state index >= 15 is 0 Å². The number of carbonyl (C=O) groups excluding carboxylic acids is 1. The first-order valence-electron chi connectivity index (χ1n) is 10.8. The van der Waals surface area contributed by atoms with Gasteiger partial charge in [0.05, 0.1) is 16.4 Å². The maximum Gasteiger partial charge on any atom is 0.270 e. The van der Waals surface area contributed by atoms with E-state index in [2.05, 4.69) is 20.7 Å². The SMILES string of the molecule is CC(=NNC(=O)CSc1nnc(-c2ccc(Cl)cc2)n1-c1ccc(C)cc1)c1cccc([N+](=O)[O-])c1. The first-order chi connectivity index (χ1) is 17.3. The summed E-state index contributed by atoms with van der Waals surface area (Å²) in [5, 5.41) is 24.9. The molecule has 0 aliphatic carbocycles. The Hall–Kier alpha value is -4.02. The summed E-state index contributed by atoms with van der Waals surface area (Å²) in [6, 6.07) is 21.3. The Kier molecular flexibility index (Phi) is 7.77.